The summed E-state index contributed by atoms with van der Waals surface area (Å²) in [6.45, 7) is 7.45. The van der Waals surface area contributed by atoms with E-state index in [2.05, 4.69) is 61.4 Å². The van der Waals surface area contributed by atoms with Crippen LogP contribution in [0, 0.1) is 13.8 Å². The van der Waals surface area contributed by atoms with Gasteiger partial charge in [0.15, 0.2) is 0 Å². The maximum Gasteiger partial charge on any atom is 0.0420 e. The zero-order valence-corrected chi connectivity index (χ0v) is 12.7. The standard InChI is InChI=1S/C18H24N2/c1-4-11-20-18(17-6-5-12-19-15(17)3)13-16-9-7-14(2)8-10-16/h5-10,12,18,20H,4,11,13H2,1-3H3. The first kappa shape index (κ1) is 14.7. The van der Waals surface area contributed by atoms with E-state index < -0.39 is 0 Å². The van der Waals surface area contributed by atoms with Gasteiger partial charge in [-0.2, -0.15) is 0 Å². The molecule has 0 aliphatic heterocycles. The number of benzene rings is 1. The third kappa shape index (κ3) is 3.91. The second-order valence-electron chi connectivity index (χ2n) is 5.37. The van der Waals surface area contributed by atoms with Gasteiger partial charge in [-0.15, -0.1) is 0 Å². The molecule has 1 unspecified atom stereocenters. The molecule has 0 aliphatic carbocycles. The van der Waals surface area contributed by atoms with Gasteiger partial charge < -0.3 is 5.32 Å². The van der Waals surface area contributed by atoms with Crippen molar-refractivity contribution in [3.05, 3.63) is 65.0 Å². The molecule has 0 fully saturated rings. The molecule has 1 aromatic carbocycles. The number of rotatable bonds is 6. The average Bonchev–Trinajstić information content (AvgIpc) is 2.46. The highest BCUT2D eigenvalue weighted by atomic mass is 14.9. The second kappa shape index (κ2) is 7.20. The van der Waals surface area contributed by atoms with Gasteiger partial charge >= 0.3 is 0 Å². The quantitative estimate of drug-likeness (QED) is 0.857. The normalized spacial score (nSPS) is 12.3. The Balaban J connectivity index is 2.19. The lowest BCUT2D eigenvalue weighted by Crippen LogP contribution is -2.25. The van der Waals surface area contributed by atoms with E-state index in [1.807, 2.05) is 12.3 Å². The van der Waals surface area contributed by atoms with E-state index >= 15 is 0 Å². The van der Waals surface area contributed by atoms with E-state index in [0.717, 1.165) is 25.1 Å². The minimum atomic E-state index is 0.339. The number of hydrogen-bond donors (Lipinski definition) is 1. The molecule has 0 aliphatic rings. The molecule has 0 amide bonds. The van der Waals surface area contributed by atoms with Crippen LogP contribution in [0.2, 0.25) is 0 Å². The van der Waals surface area contributed by atoms with Crippen molar-refractivity contribution >= 4 is 0 Å². The van der Waals surface area contributed by atoms with E-state index in [0.29, 0.717) is 6.04 Å². The molecule has 2 aromatic rings. The number of nitrogens with zero attached hydrogens (tertiary/aromatic N) is 1. The molecule has 106 valence electrons. The Bertz CT molecular complexity index is 531. The van der Waals surface area contributed by atoms with Crippen molar-refractivity contribution in [3.8, 4) is 0 Å². The molecule has 2 rings (SSSR count). The zero-order valence-electron chi connectivity index (χ0n) is 12.7. The van der Waals surface area contributed by atoms with Crippen LogP contribution >= 0.6 is 0 Å². The Labute approximate surface area is 122 Å². The van der Waals surface area contributed by atoms with E-state index in [-0.39, 0.29) is 0 Å². The highest BCUT2D eigenvalue weighted by molar-refractivity contribution is 5.27. The summed E-state index contributed by atoms with van der Waals surface area (Å²) in [5.74, 6) is 0. The van der Waals surface area contributed by atoms with E-state index in [1.54, 1.807) is 0 Å². The zero-order chi connectivity index (χ0) is 14.4. The lowest BCUT2D eigenvalue weighted by molar-refractivity contribution is 0.525. The van der Waals surface area contributed by atoms with Crippen LogP contribution in [0.5, 0.6) is 0 Å². The highest BCUT2D eigenvalue weighted by Crippen LogP contribution is 2.20. The summed E-state index contributed by atoms with van der Waals surface area (Å²) in [6.07, 6.45) is 4.01. The van der Waals surface area contributed by atoms with Crippen molar-refractivity contribution in [3.63, 3.8) is 0 Å². The van der Waals surface area contributed by atoms with Crippen LogP contribution in [0.25, 0.3) is 0 Å². The monoisotopic (exact) mass is 268 g/mol. The van der Waals surface area contributed by atoms with Gasteiger partial charge in [0.1, 0.15) is 0 Å². The maximum absolute atomic E-state index is 4.42. The molecule has 0 radical (unpaired) electrons. The van der Waals surface area contributed by atoms with Gasteiger partial charge in [-0.3, -0.25) is 4.98 Å². The first-order valence-corrected chi connectivity index (χ1v) is 7.41. The largest absolute Gasteiger partial charge is 0.310 e. The molecule has 2 heteroatoms. The summed E-state index contributed by atoms with van der Waals surface area (Å²) in [6, 6.07) is 13.4. The van der Waals surface area contributed by atoms with E-state index in [9.17, 15) is 0 Å². The van der Waals surface area contributed by atoms with Gasteiger partial charge in [-0.05, 0) is 50.4 Å². The Morgan fingerprint density at radius 1 is 1.10 bits per heavy atom. The summed E-state index contributed by atoms with van der Waals surface area (Å²) in [7, 11) is 0. The summed E-state index contributed by atoms with van der Waals surface area (Å²) in [4.78, 5) is 4.42. The van der Waals surface area contributed by atoms with Gasteiger partial charge in [-0.1, -0.05) is 42.8 Å². The van der Waals surface area contributed by atoms with Gasteiger partial charge in [0, 0.05) is 17.9 Å². The van der Waals surface area contributed by atoms with Crippen molar-refractivity contribution in [1.82, 2.24) is 10.3 Å². The summed E-state index contributed by atoms with van der Waals surface area (Å²) < 4.78 is 0. The van der Waals surface area contributed by atoms with Crippen LogP contribution in [-0.4, -0.2) is 11.5 Å². The van der Waals surface area contributed by atoms with Crippen molar-refractivity contribution in [2.24, 2.45) is 0 Å². The fourth-order valence-electron chi connectivity index (χ4n) is 2.44. The summed E-state index contributed by atoms with van der Waals surface area (Å²) in [5.41, 5.74) is 5.10. The maximum atomic E-state index is 4.42. The molecule has 1 aromatic heterocycles. The summed E-state index contributed by atoms with van der Waals surface area (Å²) >= 11 is 0. The Kier molecular flexibility index (Phi) is 5.31. The van der Waals surface area contributed by atoms with Crippen LogP contribution in [-0.2, 0) is 6.42 Å². The van der Waals surface area contributed by atoms with E-state index in [1.165, 1.54) is 16.7 Å². The number of aryl methyl sites for hydroxylation is 2. The smallest absolute Gasteiger partial charge is 0.0420 e. The minimum absolute atomic E-state index is 0.339. The van der Waals surface area contributed by atoms with Gasteiger partial charge in [0.05, 0.1) is 0 Å². The highest BCUT2D eigenvalue weighted by Gasteiger charge is 2.14. The Hall–Kier alpha value is -1.67. The molecular formula is C18H24N2. The topological polar surface area (TPSA) is 24.9 Å². The molecule has 0 bridgehead atoms. The molecule has 0 saturated carbocycles. The second-order valence-corrected chi connectivity index (χ2v) is 5.37. The van der Waals surface area contributed by atoms with Gasteiger partial charge in [0.25, 0.3) is 0 Å². The predicted molar refractivity (Wildman–Crippen MR) is 84.9 cm³/mol. The van der Waals surface area contributed by atoms with Gasteiger partial charge in [-0.25, -0.2) is 0 Å². The SMILES string of the molecule is CCCNC(Cc1ccc(C)cc1)c1cccnc1C. The molecule has 1 atom stereocenters. The van der Waals surface area contributed by atoms with Crippen LogP contribution in [0.3, 0.4) is 0 Å². The molecule has 1 N–H and O–H groups in total. The first-order valence-electron chi connectivity index (χ1n) is 7.41. The lowest BCUT2D eigenvalue weighted by atomic mass is 9.97. The Morgan fingerprint density at radius 3 is 2.50 bits per heavy atom. The van der Waals surface area contributed by atoms with Crippen LogP contribution in [0.1, 0.15) is 41.8 Å². The van der Waals surface area contributed by atoms with Crippen molar-refractivity contribution in [2.75, 3.05) is 6.54 Å². The predicted octanol–water partition coefficient (Wildman–Crippen LogP) is 3.98. The first-order chi connectivity index (χ1) is 9.70. The number of aromatic nitrogens is 1. The van der Waals surface area contributed by atoms with Crippen molar-refractivity contribution < 1.29 is 0 Å². The minimum Gasteiger partial charge on any atom is -0.310 e. The molecule has 2 nitrogen and oxygen atoms in total. The molecule has 0 saturated heterocycles. The third-order valence-electron chi connectivity index (χ3n) is 3.62. The fourth-order valence-corrected chi connectivity index (χ4v) is 2.44. The average molecular weight is 268 g/mol. The Morgan fingerprint density at radius 2 is 1.85 bits per heavy atom. The van der Waals surface area contributed by atoms with E-state index in [4.69, 9.17) is 0 Å². The molecule has 0 spiro atoms. The fraction of sp³-hybridized carbons (Fsp3) is 0.389. The third-order valence-corrected chi connectivity index (χ3v) is 3.62. The molecule has 1 heterocycles. The molecular weight excluding hydrogens is 244 g/mol. The van der Waals surface area contributed by atoms with Gasteiger partial charge in [0.2, 0.25) is 0 Å². The van der Waals surface area contributed by atoms with Crippen LogP contribution < -0.4 is 5.32 Å². The van der Waals surface area contributed by atoms with Crippen molar-refractivity contribution in [2.45, 2.75) is 39.7 Å². The van der Waals surface area contributed by atoms with Crippen molar-refractivity contribution in [1.29, 1.82) is 0 Å². The van der Waals surface area contributed by atoms with Crippen LogP contribution in [0.4, 0.5) is 0 Å². The number of pyridine rings is 1. The number of hydrogen-bond acceptors (Lipinski definition) is 2. The summed E-state index contributed by atoms with van der Waals surface area (Å²) in [5, 5.41) is 3.65. The lowest BCUT2D eigenvalue weighted by Gasteiger charge is -2.20. The number of nitrogens with one attached hydrogen (secondary N) is 1. The molecule has 20 heavy (non-hydrogen) atoms. The van der Waals surface area contributed by atoms with Crippen LogP contribution in [0.15, 0.2) is 42.6 Å².